The molecule has 0 unspecified atom stereocenters. The van der Waals surface area contributed by atoms with E-state index in [1.54, 1.807) is 0 Å². The zero-order chi connectivity index (χ0) is 13.2. The minimum atomic E-state index is -1.36. The van der Waals surface area contributed by atoms with Gasteiger partial charge in [0.15, 0.2) is 5.82 Å². The number of carbonyl (C=O) groups excluding carboxylic acids is 1. The van der Waals surface area contributed by atoms with E-state index < -0.39 is 46.1 Å². The van der Waals surface area contributed by atoms with E-state index in [9.17, 15) is 18.4 Å². The molecule has 17 heavy (non-hydrogen) atoms. The first-order valence-electron chi connectivity index (χ1n) is 4.35. The fourth-order valence-electron chi connectivity index (χ4n) is 1.20. The maximum atomic E-state index is 13.5. The van der Waals surface area contributed by atoms with Gasteiger partial charge in [-0.2, -0.15) is 0 Å². The van der Waals surface area contributed by atoms with Crippen LogP contribution in [-0.2, 0) is 16.0 Å². The number of aliphatic carboxylic acids is 1. The van der Waals surface area contributed by atoms with Crippen molar-refractivity contribution in [3.8, 4) is 0 Å². The van der Waals surface area contributed by atoms with Gasteiger partial charge >= 0.3 is 11.9 Å². The second-order valence-electron chi connectivity index (χ2n) is 3.07. The zero-order valence-corrected chi connectivity index (χ0v) is 9.35. The quantitative estimate of drug-likeness (QED) is 0.670. The van der Waals surface area contributed by atoms with Crippen molar-refractivity contribution >= 4 is 23.5 Å². The van der Waals surface area contributed by atoms with E-state index in [1.807, 2.05) is 0 Å². The van der Waals surface area contributed by atoms with Crippen LogP contribution >= 0.6 is 11.6 Å². The number of hydrogen-bond donors (Lipinski definition) is 1. The van der Waals surface area contributed by atoms with Crippen LogP contribution in [0.25, 0.3) is 0 Å². The first-order chi connectivity index (χ1) is 7.88. The van der Waals surface area contributed by atoms with E-state index in [0.29, 0.717) is 6.07 Å². The van der Waals surface area contributed by atoms with Crippen molar-refractivity contribution in [2.24, 2.45) is 0 Å². The van der Waals surface area contributed by atoms with Crippen LogP contribution in [0.4, 0.5) is 8.78 Å². The number of ether oxygens (including phenoxy) is 1. The van der Waals surface area contributed by atoms with Crippen LogP contribution in [0.3, 0.4) is 0 Å². The van der Waals surface area contributed by atoms with E-state index in [1.165, 1.54) is 0 Å². The number of esters is 1. The Labute approximate surface area is 99.8 Å². The van der Waals surface area contributed by atoms with Gasteiger partial charge in [0, 0.05) is 5.56 Å². The number of hydrogen-bond acceptors (Lipinski definition) is 3. The average Bonchev–Trinajstić information content (AvgIpc) is 2.28. The zero-order valence-electron chi connectivity index (χ0n) is 8.59. The van der Waals surface area contributed by atoms with Crippen molar-refractivity contribution in [3.63, 3.8) is 0 Å². The summed E-state index contributed by atoms with van der Waals surface area (Å²) in [7, 11) is 0.999. The highest BCUT2D eigenvalue weighted by molar-refractivity contribution is 6.32. The summed E-state index contributed by atoms with van der Waals surface area (Å²) in [4.78, 5) is 21.5. The third-order valence-electron chi connectivity index (χ3n) is 1.99. The van der Waals surface area contributed by atoms with E-state index >= 15 is 0 Å². The number of carboxylic acid groups (broad SMARTS) is 1. The lowest BCUT2D eigenvalue weighted by atomic mass is 10.1. The number of benzene rings is 1. The number of methoxy groups -OCH3 is 1. The number of rotatable bonds is 3. The second-order valence-corrected chi connectivity index (χ2v) is 3.45. The number of carboxylic acids is 1. The highest BCUT2D eigenvalue weighted by Gasteiger charge is 2.23. The van der Waals surface area contributed by atoms with Gasteiger partial charge < -0.3 is 9.84 Å². The number of carbonyl (C=O) groups is 2. The van der Waals surface area contributed by atoms with Crippen molar-refractivity contribution in [2.45, 2.75) is 6.42 Å². The summed E-state index contributed by atoms with van der Waals surface area (Å²) >= 11 is 5.46. The molecule has 0 aliphatic rings. The van der Waals surface area contributed by atoms with Gasteiger partial charge in [0.1, 0.15) is 5.82 Å². The van der Waals surface area contributed by atoms with Crippen LogP contribution in [0.5, 0.6) is 0 Å². The lowest BCUT2D eigenvalue weighted by Crippen LogP contribution is -2.10. The van der Waals surface area contributed by atoms with Crippen molar-refractivity contribution in [3.05, 3.63) is 33.9 Å². The molecule has 4 nitrogen and oxygen atoms in total. The molecule has 0 aliphatic heterocycles. The molecule has 0 aromatic heterocycles. The Morgan fingerprint density at radius 2 is 2.06 bits per heavy atom. The van der Waals surface area contributed by atoms with Crippen LogP contribution in [0.1, 0.15) is 15.9 Å². The standard InChI is InChI=1S/C10H7ClF2O4/c1-17-10(16)5-2-6(12)4(3-7(14)15)8(11)9(5)13/h2H,3H2,1H3,(H,14,15). The highest BCUT2D eigenvalue weighted by Crippen LogP contribution is 2.27. The lowest BCUT2D eigenvalue weighted by molar-refractivity contribution is -0.136. The fourth-order valence-corrected chi connectivity index (χ4v) is 1.46. The molecule has 1 N–H and O–H groups in total. The Morgan fingerprint density at radius 3 is 2.53 bits per heavy atom. The monoisotopic (exact) mass is 264 g/mol. The molecule has 0 fully saturated rings. The third-order valence-corrected chi connectivity index (χ3v) is 2.38. The maximum Gasteiger partial charge on any atom is 0.341 e. The summed E-state index contributed by atoms with van der Waals surface area (Å²) < 4.78 is 31.2. The topological polar surface area (TPSA) is 63.6 Å². The second kappa shape index (κ2) is 5.09. The van der Waals surface area contributed by atoms with E-state index in [-0.39, 0.29) is 0 Å². The lowest BCUT2D eigenvalue weighted by Gasteiger charge is -2.08. The van der Waals surface area contributed by atoms with Crippen LogP contribution in [-0.4, -0.2) is 24.2 Å². The predicted octanol–water partition coefficient (Wildman–Crippen LogP) is 2.03. The molecule has 0 bridgehead atoms. The summed E-state index contributed by atoms with van der Waals surface area (Å²) in [5.74, 6) is -4.73. The first-order valence-corrected chi connectivity index (χ1v) is 4.72. The van der Waals surface area contributed by atoms with Gasteiger partial charge in [-0.1, -0.05) is 11.6 Å². The molecule has 0 amide bonds. The molecular formula is C10H7ClF2O4. The summed E-state index contributed by atoms with van der Waals surface area (Å²) in [5, 5.41) is 7.76. The Morgan fingerprint density at radius 1 is 1.47 bits per heavy atom. The molecule has 7 heteroatoms. The van der Waals surface area contributed by atoms with Crippen LogP contribution in [0.15, 0.2) is 6.07 Å². The smallest absolute Gasteiger partial charge is 0.341 e. The Kier molecular flexibility index (Phi) is 4.01. The highest BCUT2D eigenvalue weighted by atomic mass is 35.5. The molecule has 0 atom stereocenters. The minimum absolute atomic E-state index is 0.510. The largest absolute Gasteiger partial charge is 0.481 e. The molecule has 1 rings (SSSR count). The Bertz CT molecular complexity index is 488. The summed E-state index contributed by atoms with van der Waals surface area (Å²) in [6.45, 7) is 0. The molecule has 0 spiro atoms. The van der Waals surface area contributed by atoms with Gasteiger partial charge in [0.25, 0.3) is 0 Å². The Balaban J connectivity index is 3.36. The normalized spacial score (nSPS) is 10.1. The fraction of sp³-hybridized carbons (Fsp3) is 0.200. The van der Waals surface area contributed by atoms with Gasteiger partial charge in [-0.3, -0.25) is 4.79 Å². The minimum Gasteiger partial charge on any atom is -0.481 e. The molecule has 0 saturated carbocycles. The van der Waals surface area contributed by atoms with Crippen molar-refractivity contribution in [2.75, 3.05) is 7.11 Å². The summed E-state index contributed by atoms with van der Waals surface area (Å²) in [6.07, 6.45) is -0.775. The molecule has 1 aromatic rings. The van der Waals surface area contributed by atoms with Crippen molar-refractivity contribution in [1.29, 1.82) is 0 Å². The molecular weight excluding hydrogens is 258 g/mol. The third kappa shape index (κ3) is 2.71. The van der Waals surface area contributed by atoms with Gasteiger partial charge in [-0.25, -0.2) is 13.6 Å². The van der Waals surface area contributed by atoms with Crippen LogP contribution in [0.2, 0.25) is 5.02 Å². The van der Waals surface area contributed by atoms with Gasteiger partial charge in [0.2, 0.25) is 0 Å². The van der Waals surface area contributed by atoms with Gasteiger partial charge in [0.05, 0.1) is 24.1 Å². The molecule has 92 valence electrons. The van der Waals surface area contributed by atoms with Crippen LogP contribution < -0.4 is 0 Å². The van der Waals surface area contributed by atoms with E-state index in [4.69, 9.17) is 16.7 Å². The average molecular weight is 265 g/mol. The maximum absolute atomic E-state index is 13.5. The molecule has 1 aromatic carbocycles. The predicted molar refractivity (Wildman–Crippen MR) is 54.0 cm³/mol. The van der Waals surface area contributed by atoms with Gasteiger partial charge in [-0.15, -0.1) is 0 Å². The summed E-state index contributed by atoms with van der Waals surface area (Å²) in [6, 6.07) is 0.561. The number of halogens is 3. The molecule has 0 saturated heterocycles. The van der Waals surface area contributed by atoms with Crippen molar-refractivity contribution in [1.82, 2.24) is 0 Å². The van der Waals surface area contributed by atoms with Crippen LogP contribution in [0, 0.1) is 11.6 Å². The Hall–Kier alpha value is -1.69. The van der Waals surface area contributed by atoms with E-state index in [0.717, 1.165) is 7.11 Å². The van der Waals surface area contributed by atoms with E-state index in [2.05, 4.69) is 4.74 Å². The molecule has 0 aliphatic carbocycles. The van der Waals surface area contributed by atoms with Gasteiger partial charge in [-0.05, 0) is 6.07 Å². The summed E-state index contributed by atoms with van der Waals surface area (Å²) in [5.41, 5.74) is -1.19. The van der Waals surface area contributed by atoms with Crippen molar-refractivity contribution < 1.29 is 28.2 Å². The molecule has 0 radical (unpaired) electrons. The first kappa shape index (κ1) is 13.4. The SMILES string of the molecule is COC(=O)c1cc(F)c(CC(=O)O)c(Cl)c1F. The molecule has 0 heterocycles.